The summed E-state index contributed by atoms with van der Waals surface area (Å²) in [6.07, 6.45) is 8.50. The minimum Gasteiger partial charge on any atom is -0.373 e. The van der Waals surface area contributed by atoms with Gasteiger partial charge in [0.15, 0.2) is 0 Å². The van der Waals surface area contributed by atoms with E-state index < -0.39 is 0 Å². The smallest absolute Gasteiger partial charge is 0.0875 e. The number of aromatic nitrogens is 2. The van der Waals surface area contributed by atoms with Gasteiger partial charge in [-0.25, -0.2) is 0 Å². The highest BCUT2D eigenvalue weighted by atomic mass is 16.5. The summed E-state index contributed by atoms with van der Waals surface area (Å²) in [5.74, 6) is 0. The number of nitrogens with two attached hydrogens (primary N) is 1. The summed E-state index contributed by atoms with van der Waals surface area (Å²) < 4.78 is 7.91. The number of hydrogen-bond donors (Lipinski definition) is 1. The summed E-state index contributed by atoms with van der Waals surface area (Å²) in [5.41, 5.74) is 7.35. The Hall–Kier alpha value is -0.870. The predicted octanol–water partition coefficient (Wildman–Crippen LogP) is 2.25. The zero-order valence-electron chi connectivity index (χ0n) is 10.9. The molecule has 0 radical (unpaired) electrons. The van der Waals surface area contributed by atoms with E-state index in [-0.39, 0.29) is 11.6 Å². The molecule has 96 valence electrons. The molecule has 1 saturated carbocycles. The van der Waals surface area contributed by atoms with Gasteiger partial charge in [0.1, 0.15) is 0 Å². The first-order valence-corrected chi connectivity index (χ1v) is 6.63. The average Bonchev–Trinajstić information content (AvgIpc) is 2.97. The lowest BCUT2D eigenvalue weighted by molar-refractivity contribution is -0.0536. The molecule has 1 fully saturated rings. The fourth-order valence-electron chi connectivity index (χ4n) is 2.82. The molecule has 4 nitrogen and oxygen atoms in total. The van der Waals surface area contributed by atoms with Gasteiger partial charge in [0.2, 0.25) is 0 Å². The van der Waals surface area contributed by atoms with Crippen molar-refractivity contribution in [2.45, 2.75) is 57.7 Å². The molecule has 2 rings (SSSR count). The SMILES string of the molecule is CCOC1(C(N)c2cnn(CC)c2)CCCC1. The minimum absolute atomic E-state index is 0.0507. The monoisotopic (exact) mass is 237 g/mol. The number of nitrogens with zero attached hydrogens (tertiary/aromatic N) is 2. The highest BCUT2D eigenvalue weighted by Gasteiger charge is 2.41. The van der Waals surface area contributed by atoms with Gasteiger partial charge >= 0.3 is 0 Å². The lowest BCUT2D eigenvalue weighted by atomic mass is 9.89. The molecule has 0 amide bonds. The van der Waals surface area contributed by atoms with Crippen LogP contribution in [0.2, 0.25) is 0 Å². The average molecular weight is 237 g/mol. The van der Waals surface area contributed by atoms with Crippen molar-refractivity contribution in [3.63, 3.8) is 0 Å². The normalized spacial score (nSPS) is 20.6. The summed E-state index contributed by atoms with van der Waals surface area (Å²) >= 11 is 0. The molecule has 0 aliphatic heterocycles. The van der Waals surface area contributed by atoms with E-state index in [1.807, 2.05) is 24.0 Å². The molecule has 1 aromatic heterocycles. The first-order chi connectivity index (χ1) is 8.22. The quantitative estimate of drug-likeness (QED) is 0.854. The van der Waals surface area contributed by atoms with Crippen molar-refractivity contribution >= 4 is 0 Å². The minimum atomic E-state index is -0.156. The Morgan fingerprint density at radius 1 is 1.47 bits per heavy atom. The van der Waals surface area contributed by atoms with Crippen LogP contribution in [0.5, 0.6) is 0 Å². The van der Waals surface area contributed by atoms with Crippen molar-refractivity contribution in [2.75, 3.05) is 6.61 Å². The van der Waals surface area contributed by atoms with Crippen LogP contribution >= 0.6 is 0 Å². The molecule has 1 atom stereocenters. The molecule has 0 bridgehead atoms. The third-order valence-electron chi connectivity index (χ3n) is 3.78. The van der Waals surface area contributed by atoms with E-state index in [2.05, 4.69) is 12.0 Å². The number of ether oxygens (including phenoxy) is 1. The van der Waals surface area contributed by atoms with Crippen molar-refractivity contribution < 1.29 is 4.74 Å². The third-order valence-corrected chi connectivity index (χ3v) is 3.78. The van der Waals surface area contributed by atoms with Gasteiger partial charge in [-0.15, -0.1) is 0 Å². The van der Waals surface area contributed by atoms with E-state index in [0.717, 1.165) is 31.6 Å². The largest absolute Gasteiger partial charge is 0.373 e. The van der Waals surface area contributed by atoms with Crippen molar-refractivity contribution in [1.29, 1.82) is 0 Å². The van der Waals surface area contributed by atoms with Crippen molar-refractivity contribution in [3.05, 3.63) is 18.0 Å². The first-order valence-electron chi connectivity index (χ1n) is 6.63. The second-order valence-electron chi connectivity index (χ2n) is 4.81. The lowest BCUT2D eigenvalue weighted by Crippen LogP contribution is -2.41. The predicted molar refractivity (Wildman–Crippen MR) is 67.7 cm³/mol. The molecule has 1 aliphatic carbocycles. The molecule has 0 aromatic carbocycles. The van der Waals surface area contributed by atoms with Crippen LogP contribution in [0.4, 0.5) is 0 Å². The molecule has 0 spiro atoms. The van der Waals surface area contributed by atoms with Crippen LogP contribution in [0.15, 0.2) is 12.4 Å². The maximum absolute atomic E-state index is 6.41. The number of rotatable bonds is 5. The summed E-state index contributed by atoms with van der Waals surface area (Å²) in [4.78, 5) is 0. The second-order valence-corrected chi connectivity index (χ2v) is 4.81. The van der Waals surface area contributed by atoms with Crippen LogP contribution in [0.3, 0.4) is 0 Å². The van der Waals surface area contributed by atoms with E-state index in [4.69, 9.17) is 10.5 Å². The highest BCUT2D eigenvalue weighted by Crippen LogP contribution is 2.41. The molecule has 2 N–H and O–H groups in total. The van der Waals surface area contributed by atoms with Crippen LogP contribution in [-0.4, -0.2) is 22.0 Å². The molecule has 4 heteroatoms. The van der Waals surface area contributed by atoms with Gasteiger partial charge in [0.05, 0.1) is 17.8 Å². The van der Waals surface area contributed by atoms with E-state index in [1.54, 1.807) is 0 Å². The van der Waals surface area contributed by atoms with E-state index in [9.17, 15) is 0 Å². The first kappa shape index (κ1) is 12.6. The van der Waals surface area contributed by atoms with E-state index >= 15 is 0 Å². The number of aryl methyl sites for hydroxylation is 1. The van der Waals surface area contributed by atoms with Crippen molar-refractivity contribution in [3.8, 4) is 0 Å². The topological polar surface area (TPSA) is 53.1 Å². The molecule has 1 unspecified atom stereocenters. The van der Waals surface area contributed by atoms with Gasteiger partial charge in [0.25, 0.3) is 0 Å². The summed E-state index contributed by atoms with van der Waals surface area (Å²) in [6, 6.07) is -0.0507. The Bertz CT molecular complexity index is 355. The Morgan fingerprint density at radius 3 is 2.71 bits per heavy atom. The van der Waals surface area contributed by atoms with Gasteiger partial charge < -0.3 is 10.5 Å². The maximum Gasteiger partial charge on any atom is 0.0875 e. The molecule has 0 saturated heterocycles. The standard InChI is InChI=1S/C13H23N3O/c1-3-16-10-11(9-15-16)12(14)13(17-4-2)7-5-6-8-13/h9-10,12H,3-8,14H2,1-2H3. The molecular formula is C13H23N3O. The van der Waals surface area contributed by atoms with Gasteiger partial charge in [0, 0.05) is 24.9 Å². The van der Waals surface area contributed by atoms with Gasteiger partial charge in [-0.05, 0) is 26.7 Å². The molecular weight excluding hydrogens is 214 g/mol. The lowest BCUT2D eigenvalue weighted by Gasteiger charge is -2.34. The van der Waals surface area contributed by atoms with Crippen LogP contribution < -0.4 is 5.73 Å². The van der Waals surface area contributed by atoms with Gasteiger partial charge in [-0.3, -0.25) is 4.68 Å². The van der Waals surface area contributed by atoms with Crippen molar-refractivity contribution in [2.24, 2.45) is 5.73 Å². The van der Waals surface area contributed by atoms with Crippen molar-refractivity contribution in [1.82, 2.24) is 9.78 Å². The molecule has 1 aliphatic rings. The van der Waals surface area contributed by atoms with E-state index in [1.165, 1.54) is 12.8 Å². The van der Waals surface area contributed by atoms with Gasteiger partial charge in [-0.1, -0.05) is 12.8 Å². The maximum atomic E-state index is 6.41. The van der Waals surface area contributed by atoms with Gasteiger partial charge in [-0.2, -0.15) is 5.10 Å². The highest BCUT2D eigenvalue weighted by molar-refractivity contribution is 5.16. The summed E-state index contributed by atoms with van der Waals surface area (Å²) in [7, 11) is 0. The molecule has 17 heavy (non-hydrogen) atoms. The fourth-order valence-corrected chi connectivity index (χ4v) is 2.82. The Labute approximate surface area is 103 Å². The van der Waals surface area contributed by atoms with Crippen LogP contribution in [0, 0.1) is 0 Å². The summed E-state index contributed by atoms with van der Waals surface area (Å²) in [5, 5.41) is 4.30. The zero-order valence-corrected chi connectivity index (χ0v) is 10.9. The molecule has 1 aromatic rings. The zero-order chi connectivity index (χ0) is 12.3. The summed E-state index contributed by atoms with van der Waals surface area (Å²) in [6.45, 7) is 5.74. The fraction of sp³-hybridized carbons (Fsp3) is 0.769. The Balaban J connectivity index is 2.18. The van der Waals surface area contributed by atoms with Crippen LogP contribution in [0.1, 0.15) is 51.1 Å². The van der Waals surface area contributed by atoms with Crippen LogP contribution in [-0.2, 0) is 11.3 Å². The molecule has 1 heterocycles. The second kappa shape index (κ2) is 5.19. The Morgan fingerprint density at radius 2 is 2.18 bits per heavy atom. The Kier molecular flexibility index (Phi) is 3.84. The van der Waals surface area contributed by atoms with Crippen LogP contribution in [0.25, 0.3) is 0 Å². The number of hydrogen-bond acceptors (Lipinski definition) is 3. The van der Waals surface area contributed by atoms with E-state index in [0.29, 0.717) is 0 Å². The third kappa shape index (κ3) is 2.38.